The number of hydrogen-bond acceptors (Lipinski definition) is 2. The van der Waals surface area contributed by atoms with Crippen LogP contribution in [0.4, 0.5) is 0 Å². The first-order chi connectivity index (χ1) is 12.4. The Bertz CT molecular complexity index is 791. The third-order valence-electron chi connectivity index (χ3n) is 5.35. The highest BCUT2D eigenvalue weighted by molar-refractivity contribution is 6.30. The van der Waals surface area contributed by atoms with Gasteiger partial charge in [0.05, 0.1) is 6.54 Å². The van der Waals surface area contributed by atoms with Crippen molar-refractivity contribution in [2.24, 2.45) is 0 Å². The number of hydrogen-bond donors (Lipinski definition) is 1. The van der Waals surface area contributed by atoms with Crippen molar-refractivity contribution in [3.05, 3.63) is 69.2 Å². The van der Waals surface area contributed by atoms with Crippen molar-refractivity contribution in [1.82, 2.24) is 4.90 Å². The van der Waals surface area contributed by atoms with Crippen LogP contribution < -0.4 is 0 Å². The normalized spacial score (nSPS) is 18.9. The summed E-state index contributed by atoms with van der Waals surface area (Å²) in [6.07, 6.45) is 3.93. The van der Waals surface area contributed by atoms with Gasteiger partial charge in [0.2, 0.25) is 0 Å². The average Bonchev–Trinajstić information content (AvgIpc) is 2.93. The van der Waals surface area contributed by atoms with E-state index in [-0.39, 0.29) is 12.0 Å². The first kappa shape index (κ1) is 19.2. The van der Waals surface area contributed by atoms with Gasteiger partial charge in [0.15, 0.2) is 0 Å². The zero-order chi connectivity index (χ0) is 18.7. The molecule has 0 aromatic heterocycles. The van der Waals surface area contributed by atoms with Crippen molar-refractivity contribution in [3.63, 3.8) is 0 Å². The number of carboxylic acid groups (broad SMARTS) is 1. The van der Waals surface area contributed by atoms with Crippen LogP contribution in [-0.4, -0.2) is 36.1 Å². The molecule has 0 bridgehead atoms. The third-order valence-corrected chi connectivity index (χ3v) is 5.84. The van der Waals surface area contributed by atoms with Crippen LogP contribution in [0.3, 0.4) is 0 Å². The second-order valence-corrected chi connectivity index (χ2v) is 8.00. The van der Waals surface area contributed by atoms with Crippen LogP contribution in [0.5, 0.6) is 0 Å². The Balaban J connectivity index is 1.87. The number of carbonyl (C=O) groups is 1. The van der Waals surface area contributed by atoms with Crippen molar-refractivity contribution in [2.75, 3.05) is 20.1 Å². The Morgan fingerprint density at radius 1 is 1.15 bits per heavy atom. The predicted molar refractivity (Wildman–Crippen MR) is 106 cm³/mol. The van der Waals surface area contributed by atoms with E-state index in [9.17, 15) is 4.79 Å². The van der Waals surface area contributed by atoms with Crippen molar-refractivity contribution < 1.29 is 9.90 Å². The number of aryl methyl sites for hydroxylation is 1. The van der Waals surface area contributed by atoms with Gasteiger partial charge in [-0.3, -0.25) is 9.69 Å². The monoisotopic (exact) mass is 391 g/mol. The molecule has 0 amide bonds. The molecule has 5 heteroatoms. The molecule has 26 heavy (non-hydrogen) atoms. The maximum Gasteiger partial charge on any atom is 0.317 e. The van der Waals surface area contributed by atoms with Crippen molar-refractivity contribution >= 4 is 29.2 Å². The summed E-state index contributed by atoms with van der Waals surface area (Å²) in [4.78, 5) is 12.7. The summed E-state index contributed by atoms with van der Waals surface area (Å²) in [6, 6.07) is 14.3. The highest BCUT2D eigenvalue weighted by Crippen LogP contribution is 2.48. The van der Waals surface area contributed by atoms with Gasteiger partial charge >= 0.3 is 5.97 Å². The van der Waals surface area contributed by atoms with E-state index in [0.717, 1.165) is 42.3 Å². The Morgan fingerprint density at radius 3 is 2.54 bits per heavy atom. The van der Waals surface area contributed by atoms with Crippen molar-refractivity contribution in [3.8, 4) is 0 Å². The van der Waals surface area contributed by atoms with Crippen molar-refractivity contribution in [1.29, 1.82) is 0 Å². The van der Waals surface area contributed by atoms with Gasteiger partial charge in [-0.05, 0) is 80.2 Å². The standard InChI is InChI=1S/C21H23Cl2NO2/c1-24(14-20(25)26)12-2-10-21(16-3-5-17(22)6-4-16)11-9-15-13-18(23)7-8-19(15)21/h3-8,13H,2,9-12,14H2,1H3,(H,25,26). The van der Waals surface area contributed by atoms with E-state index in [2.05, 4.69) is 24.3 Å². The van der Waals surface area contributed by atoms with E-state index in [0.29, 0.717) is 0 Å². The zero-order valence-electron chi connectivity index (χ0n) is 14.8. The van der Waals surface area contributed by atoms with Gasteiger partial charge in [0.1, 0.15) is 0 Å². The summed E-state index contributed by atoms with van der Waals surface area (Å²) in [5.41, 5.74) is 3.86. The molecule has 138 valence electrons. The molecule has 0 fully saturated rings. The third kappa shape index (κ3) is 4.06. The number of likely N-dealkylation sites (N-methyl/N-ethyl adjacent to an activating group) is 1. The smallest absolute Gasteiger partial charge is 0.317 e. The van der Waals surface area contributed by atoms with Crippen LogP contribution in [0.25, 0.3) is 0 Å². The molecule has 3 rings (SSSR count). The molecular formula is C21H23Cl2NO2. The lowest BCUT2D eigenvalue weighted by molar-refractivity contribution is -0.137. The lowest BCUT2D eigenvalue weighted by Gasteiger charge is -2.32. The summed E-state index contributed by atoms with van der Waals surface area (Å²) in [5.74, 6) is -0.791. The number of fused-ring (bicyclic) bond motifs is 1. The first-order valence-corrected chi connectivity index (χ1v) is 9.61. The fourth-order valence-corrected chi connectivity index (χ4v) is 4.47. The minimum atomic E-state index is -0.791. The van der Waals surface area contributed by atoms with Crippen LogP contribution in [0, 0.1) is 0 Å². The first-order valence-electron chi connectivity index (χ1n) is 8.86. The Hall–Kier alpha value is -1.55. The molecular weight excluding hydrogens is 369 g/mol. The topological polar surface area (TPSA) is 40.5 Å². The van der Waals surface area contributed by atoms with Crippen LogP contribution in [-0.2, 0) is 16.6 Å². The Kier molecular flexibility index (Phi) is 5.91. The van der Waals surface area contributed by atoms with E-state index in [1.807, 2.05) is 30.1 Å². The average molecular weight is 392 g/mol. The largest absolute Gasteiger partial charge is 0.480 e. The molecule has 2 aromatic rings. The van der Waals surface area contributed by atoms with E-state index >= 15 is 0 Å². The van der Waals surface area contributed by atoms with Crippen LogP contribution in [0.1, 0.15) is 36.0 Å². The number of rotatable bonds is 7. The molecule has 0 saturated heterocycles. The Morgan fingerprint density at radius 2 is 1.85 bits per heavy atom. The number of carboxylic acids is 1. The fraction of sp³-hybridized carbons (Fsp3) is 0.381. The second-order valence-electron chi connectivity index (χ2n) is 7.13. The highest BCUT2D eigenvalue weighted by Gasteiger charge is 2.39. The molecule has 3 nitrogen and oxygen atoms in total. The van der Waals surface area contributed by atoms with Gasteiger partial charge in [-0.2, -0.15) is 0 Å². The maximum absolute atomic E-state index is 10.9. The summed E-state index contributed by atoms with van der Waals surface area (Å²) < 4.78 is 0. The molecule has 1 N–H and O–H groups in total. The number of nitrogens with zero attached hydrogens (tertiary/aromatic N) is 1. The van der Waals surface area contributed by atoms with E-state index < -0.39 is 5.97 Å². The van der Waals surface area contributed by atoms with Crippen LogP contribution in [0.2, 0.25) is 10.0 Å². The van der Waals surface area contributed by atoms with Gasteiger partial charge in [0.25, 0.3) is 0 Å². The summed E-state index contributed by atoms with van der Waals surface area (Å²) in [6.45, 7) is 0.824. The molecule has 1 unspecified atom stereocenters. The molecule has 1 atom stereocenters. The minimum Gasteiger partial charge on any atom is -0.480 e. The molecule has 0 aliphatic heterocycles. The molecule has 2 aromatic carbocycles. The lowest BCUT2D eigenvalue weighted by atomic mass is 9.72. The molecule has 0 saturated carbocycles. The van der Waals surface area contributed by atoms with Crippen LogP contribution >= 0.6 is 23.2 Å². The molecule has 0 heterocycles. The summed E-state index contributed by atoms with van der Waals surface area (Å²) >= 11 is 12.3. The van der Waals surface area contributed by atoms with Gasteiger partial charge in [-0.1, -0.05) is 41.4 Å². The van der Waals surface area contributed by atoms with E-state index in [1.165, 1.54) is 16.7 Å². The quantitative estimate of drug-likeness (QED) is 0.719. The highest BCUT2D eigenvalue weighted by atomic mass is 35.5. The number of halogens is 2. The fourth-order valence-electron chi connectivity index (χ4n) is 4.15. The number of benzene rings is 2. The van der Waals surface area contributed by atoms with Gasteiger partial charge in [0, 0.05) is 15.5 Å². The second kappa shape index (κ2) is 7.99. The summed E-state index contributed by atoms with van der Waals surface area (Å²) in [5, 5.41) is 10.4. The Labute approximate surface area is 164 Å². The van der Waals surface area contributed by atoms with Gasteiger partial charge in [-0.25, -0.2) is 0 Å². The molecule has 1 aliphatic rings. The molecule has 0 spiro atoms. The summed E-state index contributed by atoms with van der Waals surface area (Å²) in [7, 11) is 1.85. The predicted octanol–water partition coefficient (Wildman–Crippen LogP) is 5.02. The van der Waals surface area contributed by atoms with Crippen molar-refractivity contribution in [2.45, 2.75) is 31.1 Å². The molecule has 1 aliphatic carbocycles. The van der Waals surface area contributed by atoms with Gasteiger partial charge in [-0.15, -0.1) is 0 Å². The minimum absolute atomic E-state index is 0.0609. The lowest BCUT2D eigenvalue weighted by Crippen LogP contribution is -2.30. The van der Waals surface area contributed by atoms with E-state index in [4.69, 9.17) is 28.3 Å². The number of aliphatic carboxylic acids is 1. The maximum atomic E-state index is 10.9. The SMILES string of the molecule is CN(CCCC1(c2ccc(Cl)cc2)CCc2cc(Cl)ccc21)CC(=O)O. The zero-order valence-corrected chi connectivity index (χ0v) is 16.4. The van der Waals surface area contributed by atoms with Gasteiger partial charge < -0.3 is 5.11 Å². The molecule has 0 radical (unpaired) electrons. The van der Waals surface area contributed by atoms with E-state index in [1.54, 1.807) is 0 Å². The van der Waals surface area contributed by atoms with Crippen LogP contribution in [0.15, 0.2) is 42.5 Å².